The van der Waals surface area contributed by atoms with E-state index in [4.69, 9.17) is 0 Å². The molecular weight excluding hydrogens is 201 g/mol. The third-order valence-electron chi connectivity index (χ3n) is 0.788. The van der Waals surface area contributed by atoms with Gasteiger partial charge in [-0.2, -0.15) is 4.18 Å². The van der Waals surface area contributed by atoms with Crippen molar-refractivity contribution < 1.29 is 25.8 Å². The van der Waals surface area contributed by atoms with Crippen LogP contribution in [0.4, 0.5) is 13.2 Å². The van der Waals surface area contributed by atoms with Crippen LogP contribution in [-0.2, 0) is 13.8 Å². The molecular formula is C3H7F3O3SSi. The van der Waals surface area contributed by atoms with Crippen molar-refractivity contribution in [2.24, 2.45) is 0 Å². The number of hydrogen-bond acceptors (Lipinski definition) is 3. The molecule has 0 aromatic heterocycles. The van der Waals surface area contributed by atoms with Crippen molar-refractivity contribution in [3.05, 3.63) is 0 Å². The van der Waals surface area contributed by atoms with E-state index in [-0.39, 0.29) is 0 Å². The summed E-state index contributed by atoms with van der Waals surface area (Å²) in [5, 5.41) is 0. The molecule has 0 aliphatic heterocycles. The second kappa shape index (κ2) is 3.11. The van der Waals surface area contributed by atoms with Gasteiger partial charge in [-0.25, -0.2) is 8.42 Å². The van der Waals surface area contributed by atoms with Gasteiger partial charge < -0.3 is 0 Å². The Kier molecular flexibility index (Phi) is 3.09. The normalized spacial score (nSPS) is 14.0. The minimum Gasteiger partial charge on any atom is -0.208 e. The van der Waals surface area contributed by atoms with Gasteiger partial charge in [0.05, 0.1) is 0 Å². The lowest BCUT2D eigenvalue weighted by molar-refractivity contribution is -0.270. The fraction of sp³-hybridized carbons (Fsp3) is 1.00. The number of alkyl halides is 3. The molecule has 0 aromatic rings. The number of rotatable bonds is 2. The van der Waals surface area contributed by atoms with Gasteiger partial charge in [0.1, 0.15) is 0 Å². The summed E-state index contributed by atoms with van der Waals surface area (Å²) in [6, 6.07) is 0. The molecule has 0 spiro atoms. The lowest BCUT2D eigenvalue weighted by Crippen LogP contribution is -2.28. The van der Waals surface area contributed by atoms with E-state index in [1.807, 2.05) is 0 Å². The zero-order chi connectivity index (χ0) is 9.28. The number of hydrogen-bond donors (Lipinski definition) is 0. The first-order valence-corrected chi connectivity index (χ1v) is 7.86. The SMILES string of the molecule is C[SiH](C)S(=O)(=O)OC(F)(F)F. The summed E-state index contributed by atoms with van der Waals surface area (Å²) in [6.07, 6.45) is -5.09. The van der Waals surface area contributed by atoms with Crippen LogP contribution in [0.1, 0.15) is 0 Å². The summed E-state index contributed by atoms with van der Waals surface area (Å²) in [6.45, 7) is 2.47. The summed E-state index contributed by atoms with van der Waals surface area (Å²) in [5.74, 6) is 0. The van der Waals surface area contributed by atoms with Crippen molar-refractivity contribution in [2.45, 2.75) is 19.5 Å². The topological polar surface area (TPSA) is 43.4 Å². The van der Waals surface area contributed by atoms with Gasteiger partial charge in [0.15, 0.2) is 0 Å². The molecule has 0 heterocycles. The summed E-state index contributed by atoms with van der Waals surface area (Å²) < 4.78 is 57.8. The second-order valence-corrected chi connectivity index (χ2v) is 9.88. The van der Waals surface area contributed by atoms with Gasteiger partial charge in [0, 0.05) is 0 Å². The van der Waals surface area contributed by atoms with Gasteiger partial charge in [-0.15, -0.1) is 13.2 Å². The quantitative estimate of drug-likeness (QED) is 0.631. The van der Waals surface area contributed by atoms with Crippen LogP contribution in [-0.4, -0.2) is 22.7 Å². The van der Waals surface area contributed by atoms with Crippen molar-refractivity contribution in [2.75, 3.05) is 0 Å². The maximum absolute atomic E-state index is 11.3. The van der Waals surface area contributed by atoms with E-state index in [9.17, 15) is 21.6 Å². The smallest absolute Gasteiger partial charge is 0.208 e. The molecule has 11 heavy (non-hydrogen) atoms. The third-order valence-corrected chi connectivity index (χ3v) is 6.12. The molecule has 0 bridgehead atoms. The van der Waals surface area contributed by atoms with E-state index in [2.05, 4.69) is 4.18 Å². The molecule has 0 aliphatic rings. The van der Waals surface area contributed by atoms with Gasteiger partial charge in [-0.05, 0) is 0 Å². The maximum atomic E-state index is 11.3. The Labute approximate surface area is 63.5 Å². The fourth-order valence-electron chi connectivity index (χ4n) is 0.228. The molecule has 8 heteroatoms. The molecule has 0 N–H and O–H groups in total. The Morgan fingerprint density at radius 2 is 1.64 bits per heavy atom. The summed E-state index contributed by atoms with van der Waals surface area (Å²) >= 11 is 0. The Morgan fingerprint density at radius 3 is 1.73 bits per heavy atom. The van der Waals surface area contributed by atoms with E-state index in [1.165, 1.54) is 13.1 Å². The van der Waals surface area contributed by atoms with E-state index >= 15 is 0 Å². The molecule has 3 nitrogen and oxygen atoms in total. The standard InChI is InChI=1S/C3H7F3O3SSi/c1-11(2)10(7,8)9-3(4,5)6/h11H,1-2H3. The van der Waals surface area contributed by atoms with Crippen LogP contribution >= 0.6 is 0 Å². The Bertz CT molecular complexity index is 218. The van der Waals surface area contributed by atoms with E-state index < -0.39 is 23.9 Å². The highest BCUT2D eigenvalue weighted by Gasteiger charge is 2.38. The highest BCUT2D eigenvalue weighted by Crippen LogP contribution is 2.20. The molecule has 68 valence electrons. The highest BCUT2D eigenvalue weighted by molar-refractivity contribution is 8.14. The van der Waals surface area contributed by atoms with Crippen molar-refractivity contribution in [3.63, 3.8) is 0 Å². The van der Waals surface area contributed by atoms with Crippen LogP contribution in [0.5, 0.6) is 0 Å². The van der Waals surface area contributed by atoms with Gasteiger partial charge in [0.25, 0.3) is 0 Å². The zero-order valence-electron chi connectivity index (χ0n) is 5.84. The Balaban J connectivity index is 4.40. The Morgan fingerprint density at radius 1 is 1.27 bits per heavy atom. The first-order valence-electron chi connectivity index (χ1n) is 2.66. The van der Waals surface area contributed by atoms with Crippen molar-refractivity contribution in [3.8, 4) is 0 Å². The van der Waals surface area contributed by atoms with Crippen molar-refractivity contribution in [1.82, 2.24) is 0 Å². The average Bonchev–Trinajstić information content (AvgIpc) is 1.56. The van der Waals surface area contributed by atoms with E-state index in [0.717, 1.165) is 0 Å². The lowest BCUT2D eigenvalue weighted by atomic mass is 11.4. The summed E-state index contributed by atoms with van der Waals surface area (Å²) in [5.41, 5.74) is 0. The molecule has 0 radical (unpaired) electrons. The van der Waals surface area contributed by atoms with E-state index in [0.29, 0.717) is 0 Å². The molecule has 0 saturated carbocycles. The van der Waals surface area contributed by atoms with Crippen LogP contribution in [0.25, 0.3) is 0 Å². The molecule has 0 unspecified atom stereocenters. The van der Waals surface area contributed by atoms with Crippen molar-refractivity contribution in [1.29, 1.82) is 0 Å². The van der Waals surface area contributed by atoms with Gasteiger partial charge in [-0.3, -0.25) is 0 Å². The molecule has 0 fully saturated rings. The van der Waals surface area contributed by atoms with Crippen LogP contribution in [0.3, 0.4) is 0 Å². The maximum Gasteiger partial charge on any atom is 0.536 e. The van der Waals surface area contributed by atoms with Crippen LogP contribution < -0.4 is 0 Å². The Hall–Kier alpha value is -0.0831. The molecule has 0 saturated heterocycles. The van der Waals surface area contributed by atoms with Gasteiger partial charge in [-0.1, -0.05) is 13.1 Å². The first kappa shape index (κ1) is 10.9. The van der Waals surface area contributed by atoms with Crippen molar-refractivity contribution >= 4 is 17.5 Å². The molecule has 0 amide bonds. The average molecular weight is 208 g/mol. The summed E-state index contributed by atoms with van der Waals surface area (Å²) in [7, 11) is -6.79. The van der Waals surface area contributed by atoms with E-state index in [1.54, 1.807) is 0 Å². The van der Waals surface area contributed by atoms with Crippen LogP contribution in [0.2, 0.25) is 13.1 Å². The minimum absolute atomic E-state index is 1.24. The monoisotopic (exact) mass is 208 g/mol. The zero-order valence-corrected chi connectivity index (χ0v) is 7.82. The minimum atomic E-state index is -5.09. The van der Waals surface area contributed by atoms with Crippen LogP contribution in [0.15, 0.2) is 0 Å². The van der Waals surface area contributed by atoms with Gasteiger partial charge >= 0.3 is 6.36 Å². The fourth-order valence-corrected chi connectivity index (χ4v) is 1.59. The highest BCUT2D eigenvalue weighted by atomic mass is 32.4. The predicted molar refractivity (Wildman–Crippen MR) is 34.9 cm³/mol. The first-order chi connectivity index (χ1) is 4.65. The molecule has 0 aromatic carbocycles. The molecule has 0 atom stereocenters. The lowest BCUT2D eigenvalue weighted by Gasteiger charge is -2.08. The number of halogens is 3. The predicted octanol–water partition coefficient (Wildman–Crippen LogP) is 0.836. The third kappa shape index (κ3) is 4.38. The van der Waals surface area contributed by atoms with Crippen LogP contribution in [0, 0.1) is 0 Å². The second-order valence-electron chi connectivity index (χ2n) is 2.07. The summed E-state index contributed by atoms with van der Waals surface area (Å²) in [4.78, 5) is 0. The largest absolute Gasteiger partial charge is 0.536 e. The molecule has 0 rings (SSSR count). The van der Waals surface area contributed by atoms with Gasteiger partial charge in [0.2, 0.25) is 17.5 Å². The molecule has 0 aliphatic carbocycles.